The average molecular weight is 441 g/mol. The van der Waals surface area contributed by atoms with Crippen LogP contribution >= 0.6 is 0 Å². The van der Waals surface area contributed by atoms with E-state index in [1.807, 2.05) is 56.3 Å². The summed E-state index contributed by atoms with van der Waals surface area (Å²) in [4.78, 5) is 25.7. The summed E-state index contributed by atoms with van der Waals surface area (Å²) in [7, 11) is 0. The number of hydrogen-bond acceptors (Lipinski definition) is 5. The maximum atomic E-state index is 13.5. The van der Waals surface area contributed by atoms with Crippen molar-refractivity contribution in [2.24, 2.45) is 0 Å². The Balaban J connectivity index is 1.77. The zero-order chi connectivity index (χ0) is 23.2. The van der Waals surface area contributed by atoms with Crippen molar-refractivity contribution < 1.29 is 9.53 Å². The number of hydrogen-bond donors (Lipinski definition) is 2. The van der Waals surface area contributed by atoms with Gasteiger partial charge < -0.3 is 15.4 Å². The van der Waals surface area contributed by atoms with Crippen LogP contribution in [-0.4, -0.2) is 22.2 Å². The molecule has 7 nitrogen and oxygen atoms in total. The van der Waals surface area contributed by atoms with Crippen molar-refractivity contribution in [1.29, 1.82) is 0 Å². The molecule has 0 bridgehead atoms. The molecule has 0 fully saturated rings. The Hall–Kier alpha value is -4.39. The largest absolute Gasteiger partial charge is 0.453 e. The van der Waals surface area contributed by atoms with Crippen molar-refractivity contribution in [1.82, 2.24) is 15.1 Å². The first kappa shape index (κ1) is 21.8. The Kier molecular flexibility index (Phi) is 6.50. The molecule has 166 valence electrons. The van der Waals surface area contributed by atoms with Gasteiger partial charge in [0.25, 0.3) is 11.5 Å². The van der Waals surface area contributed by atoms with E-state index in [0.717, 1.165) is 5.56 Å². The van der Waals surface area contributed by atoms with E-state index in [4.69, 9.17) is 4.74 Å². The van der Waals surface area contributed by atoms with Gasteiger partial charge in [-0.05, 0) is 61.9 Å². The second kappa shape index (κ2) is 9.82. The van der Waals surface area contributed by atoms with E-state index in [2.05, 4.69) is 15.7 Å². The predicted octanol–water partition coefficient (Wildman–Crippen LogP) is 4.83. The molecule has 0 unspecified atom stereocenters. The highest BCUT2D eigenvalue weighted by Crippen LogP contribution is 2.29. The summed E-state index contributed by atoms with van der Waals surface area (Å²) >= 11 is 0. The van der Waals surface area contributed by atoms with Crippen molar-refractivity contribution in [2.45, 2.75) is 13.8 Å². The summed E-state index contributed by atoms with van der Waals surface area (Å²) in [5.74, 6) is 0.683. The van der Waals surface area contributed by atoms with Crippen molar-refractivity contribution in [2.75, 3.05) is 11.9 Å². The molecule has 4 rings (SSSR count). The quantitative estimate of drug-likeness (QED) is 0.430. The van der Waals surface area contributed by atoms with Gasteiger partial charge in [0.2, 0.25) is 0 Å². The lowest BCUT2D eigenvalue weighted by Crippen LogP contribution is -2.24. The second-order valence-electron chi connectivity index (χ2n) is 7.42. The summed E-state index contributed by atoms with van der Waals surface area (Å²) in [5, 5.41) is 10.2. The van der Waals surface area contributed by atoms with E-state index in [-0.39, 0.29) is 22.9 Å². The maximum absolute atomic E-state index is 13.5. The molecule has 0 spiro atoms. The van der Waals surface area contributed by atoms with Gasteiger partial charge in [0.05, 0.1) is 11.9 Å². The molecule has 1 heterocycles. The number of aryl methyl sites for hydroxylation is 1. The summed E-state index contributed by atoms with van der Waals surface area (Å²) < 4.78 is 7.34. The van der Waals surface area contributed by atoms with E-state index >= 15 is 0 Å². The molecule has 0 atom stereocenters. The van der Waals surface area contributed by atoms with E-state index in [0.29, 0.717) is 29.2 Å². The minimum Gasteiger partial charge on any atom is -0.453 e. The zero-order valence-electron chi connectivity index (χ0n) is 18.4. The summed E-state index contributed by atoms with van der Waals surface area (Å²) in [6.07, 6.45) is 1.51. The Morgan fingerprint density at radius 2 is 1.79 bits per heavy atom. The first-order valence-corrected chi connectivity index (χ1v) is 10.6. The van der Waals surface area contributed by atoms with Crippen molar-refractivity contribution in [3.05, 3.63) is 107 Å². The number of rotatable bonds is 7. The van der Waals surface area contributed by atoms with Crippen LogP contribution in [0.1, 0.15) is 22.8 Å². The van der Waals surface area contributed by atoms with Gasteiger partial charge >= 0.3 is 0 Å². The monoisotopic (exact) mass is 440 g/mol. The molecule has 1 amide bonds. The highest BCUT2D eigenvalue weighted by Gasteiger charge is 2.16. The molecule has 1 aromatic heterocycles. The Bertz CT molecular complexity index is 1330. The standard InChI is InChI=1S/C26H24N4O3/c1-3-27-25(31)19-10-8-11-20(16-19)29-24-23(33-22-14-7-9-18(2)15-22)17-28-30(26(24)32)21-12-5-4-6-13-21/h4-17,29H,3H2,1-2H3,(H,27,31). The first-order valence-electron chi connectivity index (χ1n) is 10.6. The van der Waals surface area contributed by atoms with Crippen LogP contribution in [0.15, 0.2) is 89.9 Å². The maximum Gasteiger partial charge on any atom is 0.299 e. The Labute approximate surface area is 191 Å². The molecule has 0 aliphatic heterocycles. The SMILES string of the molecule is CCNC(=O)c1cccc(Nc2c(Oc3cccc(C)c3)cnn(-c3ccccc3)c2=O)c1. The fraction of sp³-hybridized carbons (Fsp3) is 0.115. The number of carbonyl (C=O) groups excluding carboxylic acids is 1. The highest BCUT2D eigenvalue weighted by atomic mass is 16.5. The smallest absolute Gasteiger partial charge is 0.299 e. The fourth-order valence-corrected chi connectivity index (χ4v) is 3.33. The van der Waals surface area contributed by atoms with Crippen molar-refractivity contribution in [3.63, 3.8) is 0 Å². The molecule has 4 aromatic rings. The second-order valence-corrected chi connectivity index (χ2v) is 7.42. The van der Waals surface area contributed by atoms with Crippen LogP contribution in [0, 0.1) is 6.92 Å². The van der Waals surface area contributed by atoms with Gasteiger partial charge in [-0.2, -0.15) is 9.78 Å². The third kappa shape index (κ3) is 5.10. The fourth-order valence-electron chi connectivity index (χ4n) is 3.33. The predicted molar refractivity (Wildman–Crippen MR) is 129 cm³/mol. The van der Waals surface area contributed by atoms with Gasteiger partial charge in [-0.25, -0.2) is 0 Å². The molecular weight excluding hydrogens is 416 g/mol. The first-order chi connectivity index (χ1) is 16.0. The lowest BCUT2D eigenvalue weighted by molar-refractivity contribution is 0.0956. The lowest BCUT2D eigenvalue weighted by Gasteiger charge is -2.15. The molecule has 0 aliphatic rings. The van der Waals surface area contributed by atoms with Crippen LogP contribution in [-0.2, 0) is 0 Å². The van der Waals surface area contributed by atoms with Crippen LogP contribution in [0.3, 0.4) is 0 Å². The third-order valence-electron chi connectivity index (χ3n) is 4.89. The normalized spacial score (nSPS) is 10.5. The molecule has 2 N–H and O–H groups in total. The number of carbonyl (C=O) groups is 1. The molecule has 3 aromatic carbocycles. The van der Waals surface area contributed by atoms with Gasteiger partial charge in [0.1, 0.15) is 5.75 Å². The number of benzene rings is 3. The van der Waals surface area contributed by atoms with E-state index in [1.165, 1.54) is 10.9 Å². The molecule has 0 aliphatic carbocycles. The van der Waals surface area contributed by atoms with Gasteiger partial charge in [0, 0.05) is 17.8 Å². The van der Waals surface area contributed by atoms with Crippen LogP contribution in [0.4, 0.5) is 11.4 Å². The highest BCUT2D eigenvalue weighted by molar-refractivity contribution is 5.95. The van der Waals surface area contributed by atoms with Gasteiger partial charge in [-0.3, -0.25) is 9.59 Å². The van der Waals surface area contributed by atoms with Gasteiger partial charge in [-0.1, -0.05) is 36.4 Å². The van der Waals surface area contributed by atoms with Crippen molar-refractivity contribution in [3.8, 4) is 17.2 Å². The average Bonchev–Trinajstić information content (AvgIpc) is 2.82. The number of aromatic nitrogens is 2. The molecule has 0 radical (unpaired) electrons. The van der Waals surface area contributed by atoms with Crippen LogP contribution in [0.5, 0.6) is 11.5 Å². The van der Waals surface area contributed by atoms with E-state index in [1.54, 1.807) is 36.4 Å². The minimum atomic E-state index is -0.380. The number of para-hydroxylation sites is 1. The Morgan fingerprint density at radius 1 is 1.00 bits per heavy atom. The minimum absolute atomic E-state index is 0.186. The van der Waals surface area contributed by atoms with E-state index < -0.39 is 0 Å². The zero-order valence-corrected chi connectivity index (χ0v) is 18.4. The summed E-state index contributed by atoms with van der Waals surface area (Å²) in [5.41, 5.74) is 2.56. The number of ether oxygens (including phenoxy) is 1. The number of nitrogens with zero attached hydrogens (tertiary/aromatic N) is 2. The van der Waals surface area contributed by atoms with Crippen LogP contribution in [0.2, 0.25) is 0 Å². The number of anilines is 2. The summed E-state index contributed by atoms with van der Waals surface area (Å²) in [6, 6.07) is 23.6. The number of amides is 1. The van der Waals surface area contributed by atoms with E-state index in [9.17, 15) is 9.59 Å². The van der Waals surface area contributed by atoms with Crippen LogP contribution < -0.4 is 20.9 Å². The van der Waals surface area contributed by atoms with Crippen molar-refractivity contribution >= 4 is 17.3 Å². The molecule has 0 saturated heterocycles. The molecule has 33 heavy (non-hydrogen) atoms. The Morgan fingerprint density at radius 3 is 2.55 bits per heavy atom. The lowest BCUT2D eigenvalue weighted by atomic mass is 10.2. The number of nitrogens with one attached hydrogen (secondary N) is 2. The summed E-state index contributed by atoms with van der Waals surface area (Å²) in [6.45, 7) is 4.35. The van der Waals surface area contributed by atoms with Gasteiger partial charge in [-0.15, -0.1) is 0 Å². The molecule has 7 heteroatoms. The van der Waals surface area contributed by atoms with Gasteiger partial charge in [0.15, 0.2) is 11.4 Å². The topological polar surface area (TPSA) is 85.2 Å². The van der Waals surface area contributed by atoms with Crippen LogP contribution in [0.25, 0.3) is 5.69 Å². The third-order valence-corrected chi connectivity index (χ3v) is 4.89. The molecule has 0 saturated carbocycles. The molecular formula is C26H24N4O3.